The predicted octanol–water partition coefficient (Wildman–Crippen LogP) is 1.23. The zero-order valence-corrected chi connectivity index (χ0v) is 14.7. The summed E-state index contributed by atoms with van der Waals surface area (Å²) in [6.45, 7) is 5.08. The standard InChI is InChI=1S/C15H26N4O2S/c1-14(5-6-14)10-18(3)16-11(20)9-12(21)17-19(4)13(22)15(2)7-8-15/h5-10H2,1-4H3,(H,16,20)(H,17,21). The largest absolute Gasteiger partial charge is 0.289 e. The molecule has 2 amide bonds. The van der Waals surface area contributed by atoms with E-state index in [4.69, 9.17) is 12.2 Å². The van der Waals surface area contributed by atoms with Crippen LogP contribution < -0.4 is 10.9 Å². The third-order valence-electron chi connectivity index (χ3n) is 4.47. The molecule has 124 valence electrons. The van der Waals surface area contributed by atoms with E-state index < -0.39 is 0 Å². The molecule has 22 heavy (non-hydrogen) atoms. The molecule has 0 aliphatic heterocycles. The van der Waals surface area contributed by atoms with Gasteiger partial charge < -0.3 is 0 Å². The summed E-state index contributed by atoms with van der Waals surface area (Å²) >= 11 is 5.35. The van der Waals surface area contributed by atoms with Crippen LogP contribution in [-0.4, -0.2) is 47.5 Å². The van der Waals surface area contributed by atoms with E-state index in [0.717, 1.165) is 24.4 Å². The summed E-state index contributed by atoms with van der Waals surface area (Å²) in [6, 6.07) is 0. The lowest BCUT2D eigenvalue weighted by molar-refractivity contribution is -0.133. The van der Waals surface area contributed by atoms with Gasteiger partial charge in [0.1, 0.15) is 11.4 Å². The Balaban J connectivity index is 1.69. The van der Waals surface area contributed by atoms with Crippen LogP contribution in [0.2, 0.25) is 0 Å². The SMILES string of the molecule is CN(CC1(C)CC1)NC(=O)CC(=O)NN(C)C(=S)C1(C)CC1. The molecule has 0 spiro atoms. The molecule has 2 fully saturated rings. The monoisotopic (exact) mass is 326 g/mol. The maximum atomic E-state index is 11.9. The predicted molar refractivity (Wildman–Crippen MR) is 88.6 cm³/mol. The van der Waals surface area contributed by atoms with Gasteiger partial charge in [0.2, 0.25) is 11.8 Å². The highest BCUT2D eigenvalue weighted by Crippen LogP contribution is 2.46. The number of hydrogen-bond donors (Lipinski definition) is 2. The highest BCUT2D eigenvalue weighted by atomic mass is 32.1. The Morgan fingerprint density at radius 2 is 1.59 bits per heavy atom. The molecule has 0 aromatic carbocycles. The lowest BCUT2D eigenvalue weighted by Gasteiger charge is -2.25. The Labute approximate surface area is 137 Å². The second kappa shape index (κ2) is 6.12. The molecule has 0 unspecified atom stereocenters. The van der Waals surface area contributed by atoms with Gasteiger partial charge in [0.25, 0.3) is 0 Å². The lowest BCUT2D eigenvalue weighted by Crippen LogP contribution is -2.48. The van der Waals surface area contributed by atoms with Gasteiger partial charge in [0.05, 0.1) is 0 Å². The minimum atomic E-state index is -0.349. The molecule has 2 aliphatic carbocycles. The highest BCUT2D eigenvalue weighted by molar-refractivity contribution is 7.80. The number of hydrogen-bond acceptors (Lipinski definition) is 4. The first kappa shape index (κ1) is 17.1. The molecular formula is C15H26N4O2S. The van der Waals surface area contributed by atoms with Crippen molar-refractivity contribution in [1.29, 1.82) is 0 Å². The van der Waals surface area contributed by atoms with E-state index >= 15 is 0 Å². The first-order valence-corrected chi connectivity index (χ1v) is 8.13. The van der Waals surface area contributed by atoms with E-state index in [-0.39, 0.29) is 23.7 Å². The van der Waals surface area contributed by atoms with E-state index in [0.29, 0.717) is 5.41 Å². The van der Waals surface area contributed by atoms with Gasteiger partial charge in [-0.25, -0.2) is 5.01 Å². The Hall–Kier alpha value is -1.21. The van der Waals surface area contributed by atoms with Crippen LogP contribution in [0.5, 0.6) is 0 Å². The number of carbonyl (C=O) groups excluding carboxylic acids is 2. The minimum Gasteiger partial charge on any atom is -0.289 e. The van der Waals surface area contributed by atoms with Gasteiger partial charge in [-0.15, -0.1) is 0 Å². The van der Waals surface area contributed by atoms with Crippen molar-refractivity contribution in [1.82, 2.24) is 20.9 Å². The number of nitrogens with zero attached hydrogens (tertiary/aromatic N) is 2. The zero-order valence-electron chi connectivity index (χ0n) is 13.9. The van der Waals surface area contributed by atoms with Gasteiger partial charge in [0.15, 0.2) is 0 Å². The second-order valence-corrected chi connectivity index (χ2v) is 7.72. The summed E-state index contributed by atoms with van der Waals surface area (Å²) in [5.41, 5.74) is 5.74. The zero-order chi connectivity index (χ0) is 16.5. The van der Waals surface area contributed by atoms with Crippen molar-refractivity contribution >= 4 is 29.0 Å². The Bertz CT molecular complexity index is 486. The number of rotatable bonds is 6. The second-order valence-electron chi connectivity index (χ2n) is 7.34. The fourth-order valence-electron chi connectivity index (χ4n) is 2.47. The average molecular weight is 326 g/mol. The fraction of sp³-hybridized carbons (Fsp3) is 0.800. The van der Waals surface area contributed by atoms with Crippen molar-refractivity contribution in [3.8, 4) is 0 Å². The molecule has 7 heteroatoms. The highest BCUT2D eigenvalue weighted by Gasteiger charge is 2.43. The number of carbonyl (C=O) groups is 2. The molecular weight excluding hydrogens is 300 g/mol. The number of thiocarbonyl (C=S) groups is 1. The van der Waals surface area contributed by atoms with E-state index in [2.05, 4.69) is 24.7 Å². The number of hydrazine groups is 2. The van der Waals surface area contributed by atoms with Crippen LogP contribution in [0.25, 0.3) is 0 Å². The van der Waals surface area contributed by atoms with Crippen molar-refractivity contribution in [2.75, 3.05) is 20.6 Å². The topological polar surface area (TPSA) is 64.7 Å². The van der Waals surface area contributed by atoms with E-state index in [9.17, 15) is 9.59 Å². The summed E-state index contributed by atoms with van der Waals surface area (Å²) in [6.07, 6.45) is 4.28. The van der Waals surface area contributed by atoms with Gasteiger partial charge in [0, 0.05) is 26.1 Å². The first-order valence-electron chi connectivity index (χ1n) is 7.72. The Morgan fingerprint density at radius 1 is 1.05 bits per heavy atom. The third kappa shape index (κ3) is 4.64. The first-order chi connectivity index (χ1) is 10.1. The van der Waals surface area contributed by atoms with E-state index in [1.807, 2.05) is 7.05 Å². The average Bonchev–Trinajstić information content (AvgIpc) is 3.28. The number of nitrogens with one attached hydrogen (secondary N) is 2. The molecule has 0 heterocycles. The molecule has 0 aromatic rings. The maximum absolute atomic E-state index is 11.9. The summed E-state index contributed by atoms with van der Waals surface area (Å²) in [5.74, 6) is -0.654. The molecule has 2 saturated carbocycles. The van der Waals surface area contributed by atoms with Gasteiger partial charge in [-0.1, -0.05) is 26.1 Å². The van der Waals surface area contributed by atoms with E-state index in [1.165, 1.54) is 12.8 Å². The van der Waals surface area contributed by atoms with Crippen molar-refractivity contribution in [3.05, 3.63) is 0 Å². The molecule has 0 radical (unpaired) electrons. The molecule has 0 atom stereocenters. The van der Waals surface area contributed by atoms with Crippen LogP contribution in [0.1, 0.15) is 46.0 Å². The molecule has 0 aromatic heterocycles. The summed E-state index contributed by atoms with van der Waals surface area (Å²) in [5, 5.41) is 3.33. The van der Waals surface area contributed by atoms with Gasteiger partial charge in [-0.2, -0.15) is 0 Å². The maximum Gasteiger partial charge on any atom is 0.247 e. The van der Waals surface area contributed by atoms with Crippen LogP contribution in [0, 0.1) is 10.8 Å². The summed E-state index contributed by atoms with van der Waals surface area (Å²) in [4.78, 5) is 24.5. The van der Waals surface area contributed by atoms with Crippen molar-refractivity contribution in [2.45, 2.75) is 46.0 Å². The third-order valence-corrected chi connectivity index (χ3v) is 5.24. The minimum absolute atomic E-state index is 0.0273. The van der Waals surface area contributed by atoms with Crippen molar-refractivity contribution < 1.29 is 9.59 Å². The van der Waals surface area contributed by atoms with Crippen LogP contribution in [0.3, 0.4) is 0 Å². The van der Waals surface area contributed by atoms with Gasteiger partial charge in [-0.05, 0) is 31.1 Å². The molecule has 6 nitrogen and oxygen atoms in total. The van der Waals surface area contributed by atoms with Crippen LogP contribution >= 0.6 is 12.2 Å². The summed E-state index contributed by atoms with van der Waals surface area (Å²) < 4.78 is 0. The molecule has 0 saturated heterocycles. The van der Waals surface area contributed by atoms with Crippen LogP contribution in [0.4, 0.5) is 0 Å². The van der Waals surface area contributed by atoms with Gasteiger partial charge in [-0.3, -0.25) is 25.4 Å². The smallest absolute Gasteiger partial charge is 0.247 e. The fourth-order valence-corrected chi connectivity index (χ4v) is 2.72. The molecule has 2 rings (SSSR count). The quantitative estimate of drug-likeness (QED) is 0.437. The van der Waals surface area contributed by atoms with Crippen LogP contribution in [-0.2, 0) is 9.59 Å². The van der Waals surface area contributed by atoms with Crippen LogP contribution in [0.15, 0.2) is 0 Å². The summed E-state index contributed by atoms with van der Waals surface area (Å²) in [7, 11) is 3.55. The lowest BCUT2D eigenvalue weighted by atomic mass is 10.1. The molecule has 0 bridgehead atoms. The normalized spacial score (nSPS) is 20.2. The number of amides is 2. The van der Waals surface area contributed by atoms with E-state index in [1.54, 1.807) is 17.1 Å². The molecule has 2 aliphatic rings. The van der Waals surface area contributed by atoms with Crippen molar-refractivity contribution in [2.24, 2.45) is 10.8 Å². The Morgan fingerprint density at radius 3 is 2.09 bits per heavy atom. The van der Waals surface area contributed by atoms with Gasteiger partial charge >= 0.3 is 0 Å². The Kier molecular flexibility index (Phi) is 4.77. The van der Waals surface area contributed by atoms with Crippen molar-refractivity contribution in [3.63, 3.8) is 0 Å². The molecule has 2 N–H and O–H groups in total.